The molecular weight excluding hydrogens is 270 g/mol. The van der Waals surface area contributed by atoms with Gasteiger partial charge >= 0.3 is 0 Å². The second kappa shape index (κ2) is 4.77. The SMILES string of the molecule is O[C@@H](CCF)c1ccc(I)cc1. The molecule has 66 valence electrons. The maximum absolute atomic E-state index is 11.8. The first kappa shape index (κ1) is 9.92. The van der Waals surface area contributed by atoms with Gasteiger partial charge in [-0.15, -0.1) is 0 Å². The summed E-state index contributed by atoms with van der Waals surface area (Å²) in [5.74, 6) is 0. The monoisotopic (exact) mass is 280 g/mol. The van der Waals surface area contributed by atoms with E-state index < -0.39 is 12.8 Å². The van der Waals surface area contributed by atoms with Gasteiger partial charge in [0.05, 0.1) is 12.8 Å². The summed E-state index contributed by atoms with van der Waals surface area (Å²) in [6.07, 6.45) is -0.479. The highest BCUT2D eigenvalue weighted by Gasteiger charge is 2.05. The maximum atomic E-state index is 11.8. The van der Waals surface area contributed by atoms with E-state index in [0.717, 1.165) is 9.13 Å². The van der Waals surface area contributed by atoms with Crippen LogP contribution in [0.25, 0.3) is 0 Å². The predicted octanol–water partition coefficient (Wildman–Crippen LogP) is 2.68. The summed E-state index contributed by atoms with van der Waals surface area (Å²) >= 11 is 2.19. The first-order valence-corrected chi connectivity index (χ1v) is 4.81. The molecule has 0 aliphatic heterocycles. The highest BCUT2D eigenvalue weighted by molar-refractivity contribution is 14.1. The van der Waals surface area contributed by atoms with E-state index in [1.54, 1.807) is 0 Å². The largest absolute Gasteiger partial charge is 0.388 e. The third kappa shape index (κ3) is 2.71. The Kier molecular flexibility index (Phi) is 3.94. The number of alkyl halides is 1. The standard InChI is InChI=1S/C9H10FIO/c10-6-5-9(12)7-1-3-8(11)4-2-7/h1-4,9,12H,5-6H2/t9-/m0/s1. The minimum absolute atomic E-state index is 0.181. The molecule has 3 heteroatoms. The Morgan fingerprint density at radius 3 is 2.42 bits per heavy atom. The molecule has 0 amide bonds. The van der Waals surface area contributed by atoms with Crippen LogP contribution in [0.5, 0.6) is 0 Å². The van der Waals surface area contributed by atoms with Crippen molar-refractivity contribution in [2.45, 2.75) is 12.5 Å². The van der Waals surface area contributed by atoms with Crippen molar-refractivity contribution < 1.29 is 9.50 Å². The Balaban J connectivity index is 2.68. The summed E-state index contributed by atoms with van der Waals surface area (Å²) in [6, 6.07) is 7.44. The second-order valence-corrected chi connectivity index (χ2v) is 3.79. The molecule has 0 aromatic heterocycles. The normalized spacial score (nSPS) is 12.9. The number of halogens is 2. The van der Waals surface area contributed by atoms with Gasteiger partial charge in [0, 0.05) is 9.99 Å². The van der Waals surface area contributed by atoms with Gasteiger partial charge in [0.15, 0.2) is 0 Å². The minimum Gasteiger partial charge on any atom is -0.388 e. The lowest BCUT2D eigenvalue weighted by Crippen LogP contribution is -1.97. The Labute approximate surface area is 84.7 Å². The number of aliphatic hydroxyl groups is 1. The minimum atomic E-state index is -0.660. The molecule has 1 aromatic rings. The molecule has 0 unspecified atom stereocenters. The molecule has 12 heavy (non-hydrogen) atoms. The van der Waals surface area contributed by atoms with Crippen LogP contribution >= 0.6 is 22.6 Å². The van der Waals surface area contributed by atoms with E-state index in [-0.39, 0.29) is 6.42 Å². The van der Waals surface area contributed by atoms with Crippen LogP contribution in [0.1, 0.15) is 18.1 Å². The van der Waals surface area contributed by atoms with Crippen LogP contribution in [0, 0.1) is 3.57 Å². The molecule has 1 N–H and O–H groups in total. The summed E-state index contributed by atoms with van der Waals surface area (Å²) in [5, 5.41) is 9.37. The van der Waals surface area contributed by atoms with Crippen molar-refractivity contribution in [3.63, 3.8) is 0 Å². The van der Waals surface area contributed by atoms with E-state index in [1.165, 1.54) is 0 Å². The van der Waals surface area contributed by atoms with Crippen LogP contribution in [-0.4, -0.2) is 11.8 Å². The van der Waals surface area contributed by atoms with Crippen LogP contribution in [0.2, 0.25) is 0 Å². The molecule has 0 heterocycles. The van der Waals surface area contributed by atoms with Crippen LogP contribution < -0.4 is 0 Å². The molecule has 1 aromatic carbocycles. The Morgan fingerprint density at radius 1 is 1.33 bits per heavy atom. The van der Waals surface area contributed by atoms with Crippen molar-refractivity contribution in [1.82, 2.24) is 0 Å². The van der Waals surface area contributed by atoms with Crippen LogP contribution in [0.15, 0.2) is 24.3 Å². The fourth-order valence-electron chi connectivity index (χ4n) is 0.955. The van der Waals surface area contributed by atoms with E-state index in [0.29, 0.717) is 0 Å². The average Bonchev–Trinajstić information content (AvgIpc) is 2.06. The molecule has 0 fully saturated rings. The summed E-state index contributed by atoms with van der Waals surface area (Å²) in [4.78, 5) is 0. The number of hydrogen-bond acceptors (Lipinski definition) is 1. The fraction of sp³-hybridized carbons (Fsp3) is 0.333. The summed E-state index contributed by atoms with van der Waals surface area (Å²) in [6.45, 7) is -0.479. The molecule has 1 atom stereocenters. The van der Waals surface area contributed by atoms with Gasteiger partial charge in [-0.1, -0.05) is 12.1 Å². The van der Waals surface area contributed by atoms with E-state index in [4.69, 9.17) is 0 Å². The zero-order valence-corrected chi connectivity index (χ0v) is 8.66. The average molecular weight is 280 g/mol. The van der Waals surface area contributed by atoms with Crippen LogP contribution in [0.4, 0.5) is 4.39 Å². The molecule has 0 aliphatic carbocycles. The number of rotatable bonds is 3. The smallest absolute Gasteiger partial charge is 0.0922 e. The first-order valence-electron chi connectivity index (χ1n) is 3.73. The Morgan fingerprint density at radius 2 is 1.92 bits per heavy atom. The lowest BCUT2D eigenvalue weighted by atomic mass is 10.1. The van der Waals surface area contributed by atoms with Crippen molar-refractivity contribution >= 4 is 22.6 Å². The predicted molar refractivity (Wildman–Crippen MR) is 54.7 cm³/mol. The zero-order valence-electron chi connectivity index (χ0n) is 6.50. The van der Waals surface area contributed by atoms with Crippen molar-refractivity contribution in [3.05, 3.63) is 33.4 Å². The topological polar surface area (TPSA) is 20.2 Å². The van der Waals surface area contributed by atoms with Crippen molar-refractivity contribution in [3.8, 4) is 0 Å². The van der Waals surface area contributed by atoms with Crippen LogP contribution in [0.3, 0.4) is 0 Å². The van der Waals surface area contributed by atoms with Gasteiger partial charge in [-0.05, 0) is 40.3 Å². The molecule has 0 saturated heterocycles. The van der Waals surface area contributed by atoms with Gasteiger partial charge < -0.3 is 5.11 Å². The van der Waals surface area contributed by atoms with Crippen molar-refractivity contribution in [1.29, 1.82) is 0 Å². The van der Waals surface area contributed by atoms with E-state index in [2.05, 4.69) is 22.6 Å². The van der Waals surface area contributed by atoms with Gasteiger partial charge in [0.2, 0.25) is 0 Å². The summed E-state index contributed by atoms with van der Waals surface area (Å²) < 4.78 is 13.0. The third-order valence-electron chi connectivity index (χ3n) is 1.64. The molecule has 0 saturated carbocycles. The fourth-order valence-corrected chi connectivity index (χ4v) is 1.31. The molecule has 0 aliphatic rings. The molecule has 0 bridgehead atoms. The lowest BCUT2D eigenvalue weighted by molar-refractivity contribution is 0.156. The van der Waals surface area contributed by atoms with Gasteiger partial charge in [0.1, 0.15) is 0 Å². The Hall–Kier alpha value is -0.160. The molecule has 1 rings (SSSR count). The quantitative estimate of drug-likeness (QED) is 0.844. The first-order chi connectivity index (χ1) is 5.74. The Bertz CT molecular complexity index is 235. The van der Waals surface area contributed by atoms with E-state index >= 15 is 0 Å². The zero-order chi connectivity index (χ0) is 8.97. The second-order valence-electron chi connectivity index (χ2n) is 2.55. The van der Waals surface area contributed by atoms with E-state index in [9.17, 15) is 9.50 Å². The van der Waals surface area contributed by atoms with Gasteiger partial charge in [-0.3, -0.25) is 4.39 Å². The molecule has 0 radical (unpaired) electrons. The molecule has 0 spiro atoms. The number of aliphatic hydroxyl groups excluding tert-OH is 1. The summed E-state index contributed by atoms with van der Waals surface area (Å²) in [5.41, 5.74) is 0.785. The van der Waals surface area contributed by atoms with Gasteiger partial charge in [-0.2, -0.15) is 0 Å². The molecule has 1 nitrogen and oxygen atoms in total. The highest BCUT2D eigenvalue weighted by Crippen LogP contribution is 2.17. The van der Waals surface area contributed by atoms with E-state index in [1.807, 2.05) is 24.3 Å². The molecular formula is C9H10FIO. The summed E-state index contributed by atoms with van der Waals surface area (Å²) in [7, 11) is 0. The maximum Gasteiger partial charge on any atom is 0.0922 e. The lowest BCUT2D eigenvalue weighted by Gasteiger charge is -2.07. The number of hydrogen-bond donors (Lipinski definition) is 1. The van der Waals surface area contributed by atoms with Gasteiger partial charge in [-0.25, -0.2) is 0 Å². The number of benzene rings is 1. The third-order valence-corrected chi connectivity index (χ3v) is 2.36. The van der Waals surface area contributed by atoms with Gasteiger partial charge in [0.25, 0.3) is 0 Å². The van der Waals surface area contributed by atoms with Crippen molar-refractivity contribution in [2.75, 3.05) is 6.67 Å². The van der Waals surface area contributed by atoms with Crippen LogP contribution in [-0.2, 0) is 0 Å². The van der Waals surface area contributed by atoms with Crippen molar-refractivity contribution in [2.24, 2.45) is 0 Å². The highest BCUT2D eigenvalue weighted by atomic mass is 127.